The van der Waals surface area contributed by atoms with Crippen LogP contribution in [0.15, 0.2) is 35.2 Å². The minimum absolute atomic E-state index is 0.535. The Morgan fingerprint density at radius 3 is 2.79 bits per heavy atom. The third-order valence-corrected chi connectivity index (χ3v) is 1.79. The zero-order chi connectivity index (χ0) is 9.80. The Bertz CT molecular complexity index is 434. The van der Waals surface area contributed by atoms with E-state index < -0.39 is 0 Å². The first kappa shape index (κ1) is 8.50. The Kier molecular flexibility index (Phi) is 2.27. The standard InChI is InChI=1S/C10H9N3O/c11-9-4-2-1-3-8(9)5-6-10-12-7-14-13-10/h1-7H,11H2. The van der Waals surface area contributed by atoms with Crippen LogP contribution in [0.4, 0.5) is 5.69 Å². The van der Waals surface area contributed by atoms with E-state index in [0.717, 1.165) is 11.3 Å². The van der Waals surface area contributed by atoms with Gasteiger partial charge in [-0.25, -0.2) is 0 Å². The van der Waals surface area contributed by atoms with Crippen LogP contribution in [0.3, 0.4) is 0 Å². The fourth-order valence-corrected chi connectivity index (χ4v) is 1.08. The van der Waals surface area contributed by atoms with Crippen molar-refractivity contribution in [2.45, 2.75) is 0 Å². The van der Waals surface area contributed by atoms with Crippen LogP contribution < -0.4 is 5.73 Å². The highest BCUT2D eigenvalue weighted by Crippen LogP contribution is 2.13. The van der Waals surface area contributed by atoms with Crippen LogP contribution >= 0.6 is 0 Å². The van der Waals surface area contributed by atoms with E-state index in [2.05, 4.69) is 14.7 Å². The lowest BCUT2D eigenvalue weighted by Gasteiger charge is -1.96. The predicted molar refractivity (Wildman–Crippen MR) is 54.1 cm³/mol. The molecular formula is C10H9N3O. The van der Waals surface area contributed by atoms with E-state index in [1.54, 1.807) is 6.08 Å². The molecule has 1 aromatic carbocycles. The number of anilines is 1. The van der Waals surface area contributed by atoms with Gasteiger partial charge < -0.3 is 10.3 Å². The molecule has 2 N–H and O–H groups in total. The molecule has 0 amide bonds. The molecule has 0 saturated carbocycles. The molecule has 4 nitrogen and oxygen atoms in total. The summed E-state index contributed by atoms with van der Waals surface area (Å²) in [4.78, 5) is 3.86. The normalized spacial score (nSPS) is 10.9. The van der Waals surface area contributed by atoms with Crippen LogP contribution in [0.5, 0.6) is 0 Å². The van der Waals surface area contributed by atoms with Gasteiger partial charge >= 0.3 is 0 Å². The summed E-state index contributed by atoms with van der Waals surface area (Å²) < 4.78 is 4.59. The summed E-state index contributed by atoms with van der Waals surface area (Å²) in [7, 11) is 0. The van der Waals surface area contributed by atoms with E-state index in [0.29, 0.717) is 5.82 Å². The average molecular weight is 187 g/mol. The first-order valence-corrected chi connectivity index (χ1v) is 4.15. The van der Waals surface area contributed by atoms with Crippen LogP contribution in [0.25, 0.3) is 12.2 Å². The summed E-state index contributed by atoms with van der Waals surface area (Å²) >= 11 is 0. The number of nitrogens with zero attached hydrogens (tertiary/aromatic N) is 2. The summed E-state index contributed by atoms with van der Waals surface area (Å²) in [5.74, 6) is 0.535. The Morgan fingerprint density at radius 1 is 1.21 bits per heavy atom. The van der Waals surface area contributed by atoms with Crippen molar-refractivity contribution >= 4 is 17.8 Å². The Labute approximate surface area is 81.1 Å². The molecule has 1 aromatic heterocycles. The molecule has 4 heteroatoms. The maximum atomic E-state index is 5.74. The second-order valence-corrected chi connectivity index (χ2v) is 2.75. The molecule has 0 aliphatic carbocycles. The number of aromatic nitrogens is 2. The molecule has 0 fully saturated rings. The van der Waals surface area contributed by atoms with Crippen molar-refractivity contribution in [1.82, 2.24) is 10.1 Å². The Morgan fingerprint density at radius 2 is 2.07 bits per heavy atom. The van der Waals surface area contributed by atoms with Crippen molar-refractivity contribution < 1.29 is 4.52 Å². The molecule has 14 heavy (non-hydrogen) atoms. The highest BCUT2D eigenvalue weighted by Gasteiger charge is 1.94. The Hall–Kier alpha value is -2.10. The largest absolute Gasteiger partial charge is 0.398 e. The fourth-order valence-electron chi connectivity index (χ4n) is 1.08. The van der Waals surface area contributed by atoms with Crippen molar-refractivity contribution in [1.29, 1.82) is 0 Å². The van der Waals surface area contributed by atoms with Gasteiger partial charge in [0.2, 0.25) is 6.39 Å². The maximum Gasteiger partial charge on any atom is 0.214 e. The van der Waals surface area contributed by atoms with E-state index in [9.17, 15) is 0 Å². The molecule has 0 radical (unpaired) electrons. The summed E-state index contributed by atoms with van der Waals surface area (Å²) in [6.45, 7) is 0. The number of nitrogen functional groups attached to an aromatic ring is 1. The van der Waals surface area contributed by atoms with Gasteiger partial charge in [-0.1, -0.05) is 23.4 Å². The van der Waals surface area contributed by atoms with Gasteiger partial charge in [0.25, 0.3) is 0 Å². The highest BCUT2D eigenvalue weighted by atomic mass is 16.5. The maximum absolute atomic E-state index is 5.74. The van der Waals surface area contributed by atoms with E-state index in [1.165, 1.54) is 6.39 Å². The van der Waals surface area contributed by atoms with Crippen LogP contribution in [0, 0.1) is 0 Å². The van der Waals surface area contributed by atoms with Crippen LogP contribution in [-0.2, 0) is 0 Å². The molecular weight excluding hydrogens is 178 g/mol. The van der Waals surface area contributed by atoms with Crippen molar-refractivity contribution in [2.24, 2.45) is 0 Å². The molecule has 0 aliphatic heterocycles. The molecule has 0 bridgehead atoms. The van der Waals surface area contributed by atoms with Crippen LogP contribution in [0.2, 0.25) is 0 Å². The van der Waals surface area contributed by atoms with Gasteiger partial charge in [-0.3, -0.25) is 0 Å². The van der Waals surface area contributed by atoms with Crippen molar-refractivity contribution in [2.75, 3.05) is 5.73 Å². The monoisotopic (exact) mass is 187 g/mol. The topological polar surface area (TPSA) is 64.9 Å². The molecule has 2 aromatic rings. The SMILES string of the molecule is Nc1ccccc1C=Cc1ncon1. The molecule has 0 aliphatic rings. The Balaban J connectivity index is 2.23. The smallest absolute Gasteiger partial charge is 0.214 e. The second-order valence-electron chi connectivity index (χ2n) is 2.75. The first-order chi connectivity index (χ1) is 6.86. The summed E-state index contributed by atoms with van der Waals surface area (Å²) in [6, 6.07) is 7.58. The second kappa shape index (κ2) is 3.74. The van der Waals surface area contributed by atoms with Gasteiger partial charge in [0, 0.05) is 5.69 Å². The zero-order valence-electron chi connectivity index (χ0n) is 7.42. The van der Waals surface area contributed by atoms with Crippen molar-refractivity contribution in [3.8, 4) is 0 Å². The summed E-state index contributed by atoms with van der Waals surface area (Å²) in [5, 5.41) is 3.65. The predicted octanol–water partition coefficient (Wildman–Crippen LogP) is 1.82. The van der Waals surface area contributed by atoms with Gasteiger partial charge in [-0.15, -0.1) is 0 Å². The lowest BCUT2D eigenvalue weighted by Crippen LogP contribution is -1.87. The first-order valence-electron chi connectivity index (χ1n) is 4.15. The van der Waals surface area contributed by atoms with Gasteiger partial charge in [-0.2, -0.15) is 4.98 Å². The minimum Gasteiger partial charge on any atom is -0.398 e. The molecule has 0 atom stereocenters. The van der Waals surface area contributed by atoms with Crippen LogP contribution in [-0.4, -0.2) is 10.1 Å². The number of hydrogen-bond acceptors (Lipinski definition) is 4. The van der Waals surface area contributed by atoms with Gasteiger partial charge in [0.1, 0.15) is 0 Å². The lowest BCUT2D eigenvalue weighted by atomic mass is 10.1. The molecule has 0 saturated heterocycles. The van der Waals surface area contributed by atoms with Gasteiger partial charge in [-0.05, 0) is 23.8 Å². The number of rotatable bonds is 2. The van der Waals surface area contributed by atoms with Gasteiger partial charge in [0.15, 0.2) is 5.82 Å². The van der Waals surface area contributed by atoms with Crippen molar-refractivity contribution in [3.05, 3.63) is 42.0 Å². The molecule has 0 unspecified atom stereocenters. The number of para-hydroxylation sites is 1. The summed E-state index contributed by atoms with van der Waals surface area (Å²) in [6.07, 6.45) is 4.88. The van der Waals surface area contributed by atoms with E-state index in [1.807, 2.05) is 30.3 Å². The van der Waals surface area contributed by atoms with Gasteiger partial charge in [0.05, 0.1) is 0 Å². The number of nitrogens with two attached hydrogens (primary N) is 1. The molecule has 2 rings (SSSR count). The lowest BCUT2D eigenvalue weighted by molar-refractivity contribution is 0.415. The van der Waals surface area contributed by atoms with Crippen molar-refractivity contribution in [3.63, 3.8) is 0 Å². The van der Waals surface area contributed by atoms with Crippen LogP contribution in [0.1, 0.15) is 11.4 Å². The van der Waals surface area contributed by atoms with E-state index in [-0.39, 0.29) is 0 Å². The van der Waals surface area contributed by atoms with E-state index in [4.69, 9.17) is 5.73 Å². The molecule has 1 heterocycles. The number of benzene rings is 1. The zero-order valence-corrected chi connectivity index (χ0v) is 7.42. The minimum atomic E-state index is 0.535. The average Bonchev–Trinajstić information content (AvgIpc) is 2.69. The molecule has 0 spiro atoms. The number of hydrogen-bond donors (Lipinski definition) is 1. The third-order valence-electron chi connectivity index (χ3n) is 1.79. The molecule has 70 valence electrons. The third kappa shape index (κ3) is 1.80. The highest BCUT2D eigenvalue weighted by molar-refractivity contribution is 5.73. The fraction of sp³-hybridized carbons (Fsp3) is 0. The van der Waals surface area contributed by atoms with E-state index >= 15 is 0 Å². The summed E-state index contributed by atoms with van der Waals surface area (Å²) in [5.41, 5.74) is 7.42. The quantitative estimate of drug-likeness (QED) is 0.728.